The van der Waals surface area contributed by atoms with Gasteiger partial charge in [-0.2, -0.15) is 5.26 Å². The highest BCUT2D eigenvalue weighted by atomic mass is 16.3. The summed E-state index contributed by atoms with van der Waals surface area (Å²) in [6.07, 6.45) is 0. The molecule has 5 heteroatoms. The molecule has 0 saturated heterocycles. The van der Waals surface area contributed by atoms with Crippen molar-refractivity contribution < 1.29 is 9.90 Å². The van der Waals surface area contributed by atoms with Crippen LogP contribution in [-0.2, 0) is 0 Å². The molecule has 0 saturated carbocycles. The molecule has 2 N–H and O–H groups in total. The van der Waals surface area contributed by atoms with Gasteiger partial charge in [0.2, 0.25) is 0 Å². The lowest BCUT2D eigenvalue weighted by Gasteiger charge is -2.10. The molecule has 0 unspecified atom stereocenters. The number of amides is 1. The Balaban J connectivity index is 2.86. The van der Waals surface area contributed by atoms with Crippen molar-refractivity contribution in [2.45, 2.75) is 19.9 Å². The van der Waals surface area contributed by atoms with Crippen LogP contribution in [0.15, 0.2) is 12.1 Å². The highest BCUT2D eigenvalue weighted by Crippen LogP contribution is 2.05. The van der Waals surface area contributed by atoms with Gasteiger partial charge in [-0.25, -0.2) is 4.98 Å². The molecule has 1 aromatic heterocycles. The number of pyridine rings is 1. The number of aromatic nitrogens is 1. The zero-order chi connectivity index (χ0) is 12.1. The topological polar surface area (TPSA) is 86.0 Å². The van der Waals surface area contributed by atoms with E-state index in [9.17, 15) is 4.79 Å². The number of aryl methyl sites for hydroxylation is 1. The van der Waals surface area contributed by atoms with E-state index in [1.54, 1.807) is 19.9 Å². The second-order valence-electron chi connectivity index (χ2n) is 3.50. The van der Waals surface area contributed by atoms with Crippen LogP contribution in [0, 0.1) is 18.3 Å². The Morgan fingerprint density at radius 3 is 2.88 bits per heavy atom. The van der Waals surface area contributed by atoms with E-state index in [-0.39, 0.29) is 24.2 Å². The minimum absolute atomic E-state index is 0.124. The third-order valence-corrected chi connectivity index (χ3v) is 2.09. The summed E-state index contributed by atoms with van der Waals surface area (Å²) >= 11 is 0. The first kappa shape index (κ1) is 12.1. The first-order chi connectivity index (χ1) is 7.58. The SMILES string of the molecule is Cc1nc(C(=O)N[C@H](C)CO)ccc1C#N. The maximum atomic E-state index is 11.6. The van der Waals surface area contributed by atoms with Crippen molar-refractivity contribution in [1.82, 2.24) is 10.3 Å². The minimum Gasteiger partial charge on any atom is -0.394 e. The largest absolute Gasteiger partial charge is 0.394 e. The number of hydrogen-bond donors (Lipinski definition) is 2. The van der Waals surface area contributed by atoms with E-state index in [0.717, 1.165) is 0 Å². The van der Waals surface area contributed by atoms with E-state index < -0.39 is 0 Å². The summed E-state index contributed by atoms with van der Waals surface area (Å²) in [6.45, 7) is 3.24. The first-order valence-corrected chi connectivity index (χ1v) is 4.88. The molecule has 16 heavy (non-hydrogen) atoms. The predicted octanol–water partition coefficient (Wildman–Crippen LogP) is 0.372. The lowest BCUT2D eigenvalue weighted by molar-refractivity contribution is 0.0917. The number of carbonyl (C=O) groups is 1. The van der Waals surface area contributed by atoms with Crippen LogP contribution in [0.2, 0.25) is 0 Å². The normalized spacial score (nSPS) is 11.6. The number of hydrogen-bond acceptors (Lipinski definition) is 4. The Labute approximate surface area is 93.7 Å². The monoisotopic (exact) mass is 219 g/mol. The summed E-state index contributed by atoms with van der Waals surface area (Å²) in [5.74, 6) is -0.353. The lowest BCUT2D eigenvalue weighted by atomic mass is 10.2. The second kappa shape index (κ2) is 5.24. The van der Waals surface area contributed by atoms with Gasteiger partial charge in [-0.15, -0.1) is 0 Å². The summed E-state index contributed by atoms with van der Waals surface area (Å²) < 4.78 is 0. The molecule has 0 bridgehead atoms. The van der Waals surface area contributed by atoms with Crippen LogP contribution in [0.25, 0.3) is 0 Å². The van der Waals surface area contributed by atoms with Crippen LogP contribution in [0.1, 0.15) is 28.7 Å². The molecule has 0 aromatic carbocycles. The van der Waals surface area contributed by atoms with Gasteiger partial charge in [0, 0.05) is 6.04 Å². The molecule has 1 amide bonds. The molecule has 0 spiro atoms. The fourth-order valence-corrected chi connectivity index (χ4v) is 1.15. The number of nitrogens with one attached hydrogen (secondary N) is 1. The number of nitrogens with zero attached hydrogens (tertiary/aromatic N) is 2. The fourth-order valence-electron chi connectivity index (χ4n) is 1.15. The van der Waals surface area contributed by atoms with Crippen LogP contribution in [0.3, 0.4) is 0 Å². The Bertz CT molecular complexity index is 437. The molecule has 1 aromatic rings. The van der Waals surface area contributed by atoms with Crippen molar-refractivity contribution in [3.05, 3.63) is 29.1 Å². The van der Waals surface area contributed by atoms with Gasteiger partial charge in [0.05, 0.1) is 17.9 Å². The summed E-state index contributed by atoms with van der Waals surface area (Å²) in [6, 6.07) is 4.71. The van der Waals surface area contributed by atoms with E-state index in [1.165, 1.54) is 6.07 Å². The molecule has 0 aliphatic rings. The molecule has 1 heterocycles. The van der Waals surface area contributed by atoms with Gasteiger partial charge < -0.3 is 10.4 Å². The average molecular weight is 219 g/mol. The highest BCUT2D eigenvalue weighted by Gasteiger charge is 2.11. The maximum absolute atomic E-state index is 11.6. The molecule has 0 aliphatic heterocycles. The Morgan fingerprint density at radius 1 is 1.69 bits per heavy atom. The smallest absolute Gasteiger partial charge is 0.270 e. The molecule has 0 aliphatic carbocycles. The standard InChI is InChI=1S/C11H13N3O2/c1-7(6-15)13-11(16)10-4-3-9(5-12)8(2)14-10/h3-4,7,15H,6H2,1-2H3,(H,13,16)/t7-/m1/s1. The quantitative estimate of drug-likeness (QED) is 0.769. The zero-order valence-corrected chi connectivity index (χ0v) is 9.19. The Hall–Kier alpha value is -1.93. The van der Waals surface area contributed by atoms with E-state index in [0.29, 0.717) is 11.3 Å². The van der Waals surface area contributed by atoms with Gasteiger partial charge in [0.1, 0.15) is 11.8 Å². The number of aliphatic hydroxyl groups is 1. The Kier molecular flexibility index (Phi) is 3.97. The van der Waals surface area contributed by atoms with Gasteiger partial charge in [-0.3, -0.25) is 4.79 Å². The van der Waals surface area contributed by atoms with Crippen molar-refractivity contribution in [2.24, 2.45) is 0 Å². The first-order valence-electron chi connectivity index (χ1n) is 4.88. The van der Waals surface area contributed by atoms with Crippen molar-refractivity contribution in [3.63, 3.8) is 0 Å². The number of aliphatic hydroxyl groups excluding tert-OH is 1. The van der Waals surface area contributed by atoms with E-state index in [4.69, 9.17) is 10.4 Å². The lowest BCUT2D eigenvalue weighted by Crippen LogP contribution is -2.35. The van der Waals surface area contributed by atoms with Crippen LogP contribution in [0.5, 0.6) is 0 Å². The van der Waals surface area contributed by atoms with Crippen molar-refractivity contribution in [1.29, 1.82) is 5.26 Å². The van der Waals surface area contributed by atoms with Crippen LogP contribution >= 0.6 is 0 Å². The Morgan fingerprint density at radius 2 is 2.38 bits per heavy atom. The summed E-state index contributed by atoms with van der Waals surface area (Å²) in [5, 5.41) is 20.1. The number of carbonyl (C=O) groups excluding carboxylic acids is 1. The summed E-state index contributed by atoms with van der Waals surface area (Å²) in [5.41, 5.74) is 1.22. The third kappa shape index (κ3) is 2.78. The van der Waals surface area contributed by atoms with Crippen molar-refractivity contribution in [2.75, 3.05) is 6.61 Å². The second-order valence-corrected chi connectivity index (χ2v) is 3.50. The summed E-state index contributed by atoms with van der Waals surface area (Å²) in [7, 11) is 0. The van der Waals surface area contributed by atoms with E-state index in [2.05, 4.69) is 10.3 Å². The van der Waals surface area contributed by atoms with Gasteiger partial charge in [-0.05, 0) is 26.0 Å². The predicted molar refractivity (Wildman–Crippen MR) is 57.7 cm³/mol. The molecule has 1 atom stereocenters. The molecule has 0 fully saturated rings. The third-order valence-electron chi connectivity index (χ3n) is 2.09. The molecule has 5 nitrogen and oxygen atoms in total. The number of rotatable bonds is 3. The molecular formula is C11H13N3O2. The molecule has 0 radical (unpaired) electrons. The van der Waals surface area contributed by atoms with Gasteiger partial charge >= 0.3 is 0 Å². The fraction of sp³-hybridized carbons (Fsp3) is 0.364. The van der Waals surface area contributed by atoms with E-state index in [1.807, 2.05) is 6.07 Å². The van der Waals surface area contributed by atoms with Crippen LogP contribution < -0.4 is 5.32 Å². The number of nitriles is 1. The van der Waals surface area contributed by atoms with Gasteiger partial charge in [0.15, 0.2) is 0 Å². The van der Waals surface area contributed by atoms with Gasteiger partial charge in [0.25, 0.3) is 5.91 Å². The zero-order valence-electron chi connectivity index (χ0n) is 9.19. The van der Waals surface area contributed by atoms with E-state index >= 15 is 0 Å². The minimum atomic E-state index is -0.353. The molecule has 84 valence electrons. The van der Waals surface area contributed by atoms with Crippen LogP contribution in [0.4, 0.5) is 0 Å². The summed E-state index contributed by atoms with van der Waals surface area (Å²) in [4.78, 5) is 15.6. The van der Waals surface area contributed by atoms with Crippen molar-refractivity contribution in [3.8, 4) is 6.07 Å². The average Bonchev–Trinajstić information content (AvgIpc) is 2.28. The molecule has 1 rings (SSSR count). The van der Waals surface area contributed by atoms with Gasteiger partial charge in [-0.1, -0.05) is 0 Å². The highest BCUT2D eigenvalue weighted by molar-refractivity contribution is 5.92. The maximum Gasteiger partial charge on any atom is 0.270 e. The van der Waals surface area contributed by atoms with Crippen LogP contribution in [-0.4, -0.2) is 28.6 Å². The van der Waals surface area contributed by atoms with Crippen molar-refractivity contribution >= 4 is 5.91 Å². The molecular weight excluding hydrogens is 206 g/mol.